The third-order valence-corrected chi connectivity index (χ3v) is 3.85. The highest BCUT2D eigenvalue weighted by Gasteiger charge is 2.10. The molecule has 0 bridgehead atoms. The summed E-state index contributed by atoms with van der Waals surface area (Å²) in [6, 6.07) is 13.8. The fourth-order valence-corrected chi connectivity index (χ4v) is 2.73. The summed E-state index contributed by atoms with van der Waals surface area (Å²) in [7, 11) is 3.69. The van der Waals surface area contributed by atoms with Crippen molar-refractivity contribution in [2.75, 3.05) is 7.11 Å². The molecule has 3 rings (SSSR count). The van der Waals surface area contributed by atoms with Crippen LogP contribution in [0, 0.1) is 0 Å². The van der Waals surface area contributed by atoms with Crippen LogP contribution in [0.4, 0.5) is 0 Å². The summed E-state index contributed by atoms with van der Waals surface area (Å²) in [6.45, 7) is 1.04. The van der Waals surface area contributed by atoms with E-state index in [2.05, 4.69) is 22.9 Å². The van der Waals surface area contributed by atoms with Gasteiger partial charge < -0.3 is 19.8 Å². The van der Waals surface area contributed by atoms with Crippen molar-refractivity contribution in [3.05, 3.63) is 59.8 Å². The number of hydrogen-bond donors (Lipinski definition) is 1. The van der Waals surface area contributed by atoms with Crippen molar-refractivity contribution < 1.29 is 9.47 Å². The predicted octanol–water partition coefficient (Wildman–Crippen LogP) is 3.22. The van der Waals surface area contributed by atoms with Crippen LogP contribution in [0.15, 0.2) is 48.7 Å². The summed E-state index contributed by atoms with van der Waals surface area (Å²) in [5.74, 6) is 1.64. The topological polar surface area (TPSA) is 49.4 Å². The third-order valence-electron chi connectivity index (χ3n) is 3.85. The highest BCUT2D eigenvalue weighted by molar-refractivity contribution is 5.87. The molecule has 22 heavy (non-hydrogen) atoms. The first-order valence-corrected chi connectivity index (χ1v) is 7.25. The number of methoxy groups -OCH3 is 1. The SMILES string of the molecule is COc1ccc(OCc2cn(C)c3cccc(CN)c23)cc1. The number of aromatic nitrogens is 1. The molecule has 4 heteroatoms. The minimum absolute atomic E-state index is 0.515. The van der Waals surface area contributed by atoms with Gasteiger partial charge in [-0.25, -0.2) is 0 Å². The van der Waals surface area contributed by atoms with Gasteiger partial charge in [0.1, 0.15) is 18.1 Å². The summed E-state index contributed by atoms with van der Waals surface area (Å²) in [4.78, 5) is 0. The molecule has 1 aromatic heterocycles. The number of nitrogens with zero attached hydrogens (tertiary/aromatic N) is 1. The van der Waals surface area contributed by atoms with E-state index in [0.29, 0.717) is 13.2 Å². The number of aryl methyl sites for hydroxylation is 1. The molecule has 3 aromatic rings. The molecular formula is C18H20N2O2. The average Bonchev–Trinajstić information content (AvgIpc) is 2.90. The molecular weight excluding hydrogens is 276 g/mol. The zero-order valence-electron chi connectivity index (χ0n) is 12.9. The van der Waals surface area contributed by atoms with Crippen LogP contribution in [0.1, 0.15) is 11.1 Å². The maximum absolute atomic E-state index is 5.90. The minimum atomic E-state index is 0.515. The van der Waals surface area contributed by atoms with Crippen LogP contribution >= 0.6 is 0 Å². The van der Waals surface area contributed by atoms with E-state index in [-0.39, 0.29) is 0 Å². The van der Waals surface area contributed by atoms with Gasteiger partial charge in [0.05, 0.1) is 7.11 Å². The van der Waals surface area contributed by atoms with Gasteiger partial charge in [-0.1, -0.05) is 12.1 Å². The summed E-state index contributed by atoms with van der Waals surface area (Å²) in [5.41, 5.74) is 9.34. The molecule has 2 N–H and O–H groups in total. The van der Waals surface area contributed by atoms with Crippen LogP contribution in [0.25, 0.3) is 10.9 Å². The first kappa shape index (κ1) is 14.5. The van der Waals surface area contributed by atoms with Gasteiger partial charge in [-0.15, -0.1) is 0 Å². The van der Waals surface area contributed by atoms with E-state index in [1.165, 1.54) is 10.9 Å². The Labute approximate surface area is 130 Å². The fraction of sp³-hybridized carbons (Fsp3) is 0.222. The third kappa shape index (κ3) is 2.65. The number of fused-ring (bicyclic) bond motifs is 1. The van der Waals surface area contributed by atoms with Crippen molar-refractivity contribution in [3.63, 3.8) is 0 Å². The Morgan fingerprint density at radius 1 is 1.00 bits per heavy atom. The molecule has 0 spiro atoms. The van der Waals surface area contributed by atoms with Gasteiger partial charge in [0.2, 0.25) is 0 Å². The second-order valence-corrected chi connectivity index (χ2v) is 5.24. The monoisotopic (exact) mass is 296 g/mol. The Kier molecular flexibility index (Phi) is 4.02. The number of ether oxygens (including phenoxy) is 2. The average molecular weight is 296 g/mol. The van der Waals surface area contributed by atoms with Crippen LogP contribution in [-0.4, -0.2) is 11.7 Å². The summed E-state index contributed by atoms with van der Waals surface area (Å²) in [5, 5.41) is 1.20. The van der Waals surface area contributed by atoms with E-state index in [9.17, 15) is 0 Å². The summed E-state index contributed by atoms with van der Waals surface area (Å²) >= 11 is 0. The normalized spacial score (nSPS) is 10.9. The van der Waals surface area contributed by atoms with E-state index < -0.39 is 0 Å². The van der Waals surface area contributed by atoms with E-state index in [4.69, 9.17) is 15.2 Å². The van der Waals surface area contributed by atoms with Gasteiger partial charge >= 0.3 is 0 Å². The van der Waals surface area contributed by atoms with Crippen LogP contribution < -0.4 is 15.2 Å². The molecule has 1 heterocycles. The quantitative estimate of drug-likeness (QED) is 0.786. The fourth-order valence-electron chi connectivity index (χ4n) is 2.73. The Morgan fingerprint density at radius 2 is 1.73 bits per heavy atom. The predicted molar refractivity (Wildman–Crippen MR) is 88.1 cm³/mol. The van der Waals surface area contributed by atoms with Crippen molar-refractivity contribution >= 4 is 10.9 Å². The summed E-state index contributed by atoms with van der Waals surface area (Å²) < 4.78 is 13.2. The molecule has 0 amide bonds. The molecule has 0 unspecified atom stereocenters. The molecule has 0 radical (unpaired) electrons. The second kappa shape index (κ2) is 6.12. The Bertz CT molecular complexity index is 776. The number of benzene rings is 2. The molecule has 2 aromatic carbocycles. The zero-order valence-corrected chi connectivity index (χ0v) is 12.9. The lowest BCUT2D eigenvalue weighted by molar-refractivity contribution is 0.306. The first-order valence-electron chi connectivity index (χ1n) is 7.25. The molecule has 0 aliphatic heterocycles. The highest BCUT2D eigenvalue weighted by Crippen LogP contribution is 2.26. The zero-order chi connectivity index (χ0) is 15.5. The Balaban J connectivity index is 1.87. The van der Waals surface area contributed by atoms with E-state index in [0.717, 1.165) is 22.6 Å². The van der Waals surface area contributed by atoms with Crippen LogP contribution in [0.2, 0.25) is 0 Å². The smallest absolute Gasteiger partial charge is 0.120 e. The number of nitrogens with two attached hydrogens (primary N) is 1. The number of hydrogen-bond acceptors (Lipinski definition) is 3. The lowest BCUT2D eigenvalue weighted by Gasteiger charge is -2.08. The Morgan fingerprint density at radius 3 is 2.41 bits per heavy atom. The van der Waals surface area contributed by atoms with E-state index in [1.807, 2.05) is 37.4 Å². The van der Waals surface area contributed by atoms with Crippen molar-refractivity contribution in [1.29, 1.82) is 0 Å². The largest absolute Gasteiger partial charge is 0.497 e. The molecule has 114 valence electrons. The van der Waals surface area contributed by atoms with Gasteiger partial charge in [-0.05, 0) is 35.9 Å². The summed E-state index contributed by atoms with van der Waals surface area (Å²) in [6.07, 6.45) is 2.10. The molecule has 4 nitrogen and oxygen atoms in total. The van der Waals surface area contributed by atoms with Gasteiger partial charge in [0.25, 0.3) is 0 Å². The van der Waals surface area contributed by atoms with Crippen molar-refractivity contribution in [2.24, 2.45) is 12.8 Å². The first-order chi connectivity index (χ1) is 10.7. The molecule has 0 saturated carbocycles. The molecule has 0 saturated heterocycles. The minimum Gasteiger partial charge on any atom is -0.497 e. The second-order valence-electron chi connectivity index (χ2n) is 5.24. The molecule has 0 aliphatic carbocycles. The highest BCUT2D eigenvalue weighted by atomic mass is 16.5. The lowest BCUT2D eigenvalue weighted by Crippen LogP contribution is -1.99. The van der Waals surface area contributed by atoms with E-state index >= 15 is 0 Å². The van der Waals surface area contributed by atoms with Crippen molar-refractivity contribution in [2.45, 2.75) is 13.2 Å². The van der Waals surface area contributed by atoms with Crippen molar-refractivity contribution in [1.82, 2.24) is 4.57 Å². The standard InChI is InChI=1S/C18H20N2O2/c1-20-11-14(18-13(10-19)4-3-5-17(18)20)12-22-16-8-6-15(21-2)7-9-16/h3-9,11H,10,12,19H2,1-2H3. The van der Waals surface area contributed by atoms with Crippen molar-refractivity contribution in [3.8, 4) is 11.5 Å². The lowest BCUT2D eigenvalue weighted by atomic mass is 10.1. The van der Waals surface area contributed by atoms with Gasteiger partial charge in [0.15, 0.2) is 0 Å². The Hall–Kier alpha value is -2.46. The van der Waals surface area contributed by atoms with Crippen LogP contribution in [0.3, 0.4) is 0 Å². The van der Waals surface area contributed by atoms with E-state index in [1.54, 1.807) is 7.11 Å². The molecule has 0 atom stereocenters. The molecule has 0 fully saturated rings. The van der Waals surface area contributed by atoms with Crippen LogP contribution in [-0.2, 0) is 20.2 Å². The maximum Gasteiger partial charge on any atom is 0.120 e. The van der Waals surface area contributed by atoms with Crippen LogP contribution in [0.5, 0.6) is 11.5 Å². The number of rotatable bonds is 5. The molecule has 0 aliphatic rings. The van der Waals surface area contributed by atoms with Gasteiger partial charge in [-0.3, -0.25) is 0 Å². The van der Waals surface area contributed by atoms with Gasteiger partial charge in [-0.2, -0.15) is 0 Å². The van der Waals surface area contributed by atoms with Gasteiger partial charge in [0, 0.05) is 36.3 Å². The maximum atomic E-state index is 5.90.